The number of pyridine rings is 1. The van der Waals surface area contributed by atoms with Crippen LogP contribution in [-0.2, 0) is 0 Å². The zero-order valence-corrected chi connectivity index (χ0v) is 9.98. The van der Waals surface area contributed by atoms with Crippen LogP contribution in [0.3, 0.4) is 0 Å². The number of rotatable bonds is 7. The first-order valence-electron chi connectivity index (χ1n) is 6.03. The van der Waals surface area contributed by atoms with Gasteiger partial charge in [-0.25, -0.2) is 0 Å². The zero-order chi connectivity index (χ0) is 12.1. The molecule has 1 aromatic heterocycles. The molecule has 4 heteroatoms. The molecule has 0 spiro atoms. The van der Waals surface area contributed by atoms with Gasteiger partial charge in [-0.05, 0) is 37.3 Å². The molecule has 2 rings (SSSR count). The molecule has 3 N–H and O–H groups in total. The lowest BCUT2D eigenvalue weighted by molar-refractivity contribution is 0.290. The van der Waals surface area contributed by atoms with Crippen molar-refractivity contribution in [3.05, 3.63) is 24.8 Å². The van der Waals surface area contributed by atoms with Gasteiger partial charge in [-0.3, -0.25) is 0 Å². The predicted octanol–water partition coefficient (Wildman–Crippen LogP) is 2.44. The third kappa shape index (κ3) is 3.66. The zero-order valence-electron chi connectivity index (χ0n) is 9.98. The first-order valence-corrected chi connectivity index (χ1v) is 6.03. The van der Waals surface area contributed by atoms with Crippen LogP contribution in [0.1, 0.15) is 19.3 Å². The standard InChI is InChI=1S/C13H19N3O/c1-2-3-8-15-12-7-6-11(14)13(16-12)17-9-10-4-5-10/h2,6-7,10H,1,3-5,8-9,14H2,(H,15,16). The number of hydrogen-bond donors (Lipinski definition) is 2. The van der Waals surface area contributed by atoms with Crippen molar-refractivity contribution >= 4 is 11.5 Å². The maximum absolute atomic E-state index is 5.82. The van der Waals surface area contributed by atoms with Crippen molar-refractivity contribution in [3.63, 3.8) is 0 Å². The summed E-state index contributed by atoms with van der Waals surface area (Å²) in [5.41, 5.74) is 6.42. The summed E-state index contributed by atoms with van der Waals surface area (Å²) in [6.07, 6.45) is 5.30. The van der Waals surface area contributed by atoms with Crippen LogP contribution in [0.5, 0.6) is 5.88 Å². The fraction of sp³-hybridized carbons (Fsp3) is 0.462. The second kappa shape index (κ2) is 5.57. The second-order valence-electron chi connectivity index (χ2n) is 4.35. The van der Waals surface area contributed by atoms with E-state index in [0.717, 1.165) is 25.4 Å². The molecule has 1 aromatic rings. The molecule has 17 heavy (non-hydrogen) atoms. The molecule has 0 atom stereocenters. The summed E-state index contributed by atoms with van der Waals surface area (Å²) in [6.45, 7) is 5.23. The fourth-order valence-electron chi connectivity index (χ4n) is 1.45. The van der Waals surface area contributed by atoms with Gasteiger partial charge in [-0.2, -0.15) is 4.98 Å². The summed E-state index contributed by atoms with van der Waals surface area (Å²) in [5, 5.41) is 3.20. The Labute approximate surface area is 102 Å². The van der Waals surface area contributed by atoms with E-state index in [2.05, 4.69) is 16.9 Å². The number of anilines is 2. The summed E-state index contributed by atoms with van der Waals surface area (Å²) in [6, 6.07) is 3.69. The minimum atomic E-state index is 0.542. The Morgan fingerprint density at radius 2 is 2.35 bits per heavy atom. The van der Waals surface area contributed by atoms with E-state index in [1.165, 1.54) is 12.8 Å². The van der Waals surface area contributed by atoms with E-state index in [-0.39, 0.29) is 0 Å². The predicted molar refractivity (Wildman–Crippen MR) is 70.2 cm³/mol. The highest BCUT2D eigenvalue weighted by atomic mass is 16.5. The molecule has 4 nitrogen and oxygen atoms in total. The summed E-state index contributed by atoms with van der Waals surface area (Å²) in [5.74, 6) is 2.04. The Kier molecular flexibility index (Phi) is 3.85. The molecule has 0 unspecified atom stereocenters. The first kappa shape index (κ1) is 11.8. The number of nitrogens with two attached hydrogens (primary N) is 1. The summed E-state index contributed by atoms with van der Waals surface area (Å²) < 4.78 is 5.61. The number of hydrogen-bond acceptors (Lipinski definition) is 4. The minimum Gasteiger partial charge on any atom is -0.476 e. The maximum Gasteiger partial charge on any atom is 0.239 e. The Hall–Kier alpha value is -1.71. The number of aromatic nitrogens is 1. The van der Waals surface area contributed by atoms with Gasteiger partial charge in [0.1, 0.15) is 5.82 Å². The van der Waals surface area contributed by atoms with E-state index in [1.807, 2.05) is 18.2 Å². The monoisotopic (exact) mass is 233 g/mol. The molecule has 1 saturated carbocycles. The lowest BCUT2D eigenvalue weighted by Crippen LogP contribution is -2.07. The number of nitrogen functional groups attached to an aromatic ring is 1. The molecular weight excluding hydrogens is 214 g/mol. The van der Waals surface area contributed by atoms with Gasteiger partial charge in [0.25, 0.3) is 0 Å². The third-order valence-corrected chi connectivity index (χ3v) is 2.70. The molecule has 1 aliphatic carbocycles. The molecule has 1 fully saturated rings. The molecular formula is C13H19N3O. The highest BCUT2D eigenvalue weighted by Gasteiger charge is 2.22. The van der Waals surface area contributed by atoms with Gasteiger partial charge >= 0.3 is 0 Å². The molecule has 0 aromatic carbocycles. The average molecular weight is 233 g/mol. The minimum absolute atomic E-state index is 0.542. The van der Waals surface area contributed by atoms with Crippen LogP contribution in [0.15, 0.2) is 24.8 Å². The molecule has 0 aliphatic heterocycles. The van der Waals surface area contributed by atoms with Crippen molar-refractivity contribution in [2.24, 2.45) is 5.92 Å². The largest absolute Gasteiger partial charge is 0.476 e. The van der Waals surface area contributed by atoms with E-state index >= 15 is 0 Å². The van der Waals surface area contributed by atoms with Crippen LogP contribution in [-0.4, -0.2) is 18.1 Å². The summed E-state index contributed by atoms with van der Waals surface area (Å²) >= 11 is 0. The van der Waals surface area contributed by atoms with Crippen molar-refractivity contribution in [3.8, 4) is 5.88 Å². The van der Waals surface area contributed by atoms with E-state index in [1.54, 1.807) is 0 Å². The molecule has 1 heterocycles. The summed E-state index contributed by atoms with van der Waals surface area (Å²) in [7, 11) is 0. The van der Waals surface area contributed by atoms with Crippen LogP contribution in [0.4, 0.5) is 11.5 Å². The van der Waals surface area contributed by atoms with Crippen molar-refractivity contribution in [2.45, 2.75) is 19.3 Å². The molecule has 0 bridgehead atoms. The highest BCUT2D eigenvalue weighted by Crippen LogP contribution is 2.30. The molecule has 0 radical (unpaired) electrons. The normalized spacial score (nSPS) is 14.4. The fourth-order valence-corrected chi connectivity index (χ4v) is 1.45. The lowest BCUT2D eigenvalue weighted by Gasteiger charge is -2.10. The Morgan fingerprint density at radius 3 is 3.06 bits per heavy atom. The second-order valence-corrected chi connectivity index (χ2v) is 4.35. The van der Waals surface area contributed by atoms with Crippen molar-refractivity contribution < 1.29 is 4.74 Å². The number of nitrogens with one attached hydrogen (secondary N) is 1. The van der Waals surface area contributed by atoms with E-state index in [9.17, 15) is 0 Å². The van der Waals surface area contributed by atoms with E-state index < -0.39 is 0 Å². The Morgan fingerprint density at radius 1 is 1.53 bits per heavy atom. The van der Waals surface area contributed by atoms with Gasteiger partial charge in [0.15, 0.2) is 0 Å². The maximum atomic E-state index is 5.82. The summed E-state index contributed by atoms with van der Waals surface area (Å²) in [4.78, 5) is 4.35. The average Bonchev–Trinajstić information content (AvgIpc) is 3.14. The highest BCUT2D eigenvalue weighted by molar-refractivity contribution is 5.53. The SMILES string of the molecule is C=CCCNc1ccc(N)c(OCC2CC2)n1. The molecule has 0 saturated heterocycles. The molecule has 1 aliphatic rings. The third-order valence-electron chi connectivity index (χ3n) is 2.70. The van der Waals surface area contributed by atoms with Crippen molar-refractivity contribution in [1.82, 2.24) is 4.98 Å². The Bertz CT molecular complexity index is 388. The van der Waals surface area contributed by atoms with Crippen LogP contribution >= 0.6 is 0 Å². The number of nitrogens with zero attached hydrogens (tertiary/aromatic N) is 1. The van der Waals surface area contributed by atoms with Crippen LogP contribution in [0, 0.1) is 5.92 Å². The van der Waals surface area contributed by atoms with Crippen LogP contribution in [0.25, 0.3) is 0 Å². The van der Waals surface area contributed by atoms with Gasteiger partial charge in [0, 0.05) is 6.54 Å². The van der Waals surface area contributed by atoms with Gasteiger partial charge in [0.2, 0.25) is 5.88 Å². The van der Waals surface area contributed by atoms with E-state index in [0.29, 0.717) is 17.5 Å². The quantitative estimate of drug-likeness (QED) is 0.561. The van der Waals surface area contributed by atoms with Gasteiger partial charge < -0.3 is 15.8 Å². The van der Waals surface area contributed by atoms with E-state index in [4.69, 9.17) is 10.5 Å². The molecule has 92 valence electrons. The topological polar surface area (TPSA) is 60.2 Å². The Balaban J connectivity index is 1.92. The van der Waals surface area contributed by atoms with Gasteiger partial charge in [-0.1, -0.05) is 6.08 Å². The van der Waals surface area contributed by atoms with Gasteiger partial charge in [-0.15, -0.1) is 6.58 Å². The van der Waals surface area contributed by atoms with Crippen molar-refractivity contribution in [2.75, 3.05) is 24.2 Å². The number of ether oxygens (including phenoxy) is 1. The molecule has 0 amide bonds. The van der Waals surface area contributed by atoms with Gasteiger partial charge in [0.05, 0.1) is 12.3 Å². The smallest absolute Gasteiger partial charge is 0.239 e. The van der Waals surface area contributed by atoms with Crippen LogP contribution < -0.4 is 15.8 Å². The van der Waals surface area contributed by atoms with Crippen molar-refractivity contribution in [1.29, 1.82) is 0 Å². The lowest BCUT2D eigenvalue weighted by atomic mass is 10.3. The first-order chi connectivity index (χ1) is 8.29. The van der Waals surface area contributed by atoms with Crippen LogP contribution in [0.2, 0.25) is 0 Å².